The van der Waals surface area contributed by atoms with E-state index in [-0.39, 0.29) is 10.9 Å². The molecule has 1 aliphatic heterocycles. The third-order valence-corrected chi connectivity index (χ3v) is 5.06. The Bertz CT molecular complexity index is 900. The van der Waals surface area contributed by atoms with Gasteiger partial charge in [0.1, 0.15) is 0 Å². The minimum atomic E-state index is -3.68. The molecule has 0 saturated carbocycles. The zero-order valence-corrected chi connectivity index (χ0v) is 13.5. The molecule has 0 bridgehead atoms. The molecule has 2 aromatic rings. The number of sulfonamides is 1. The SMILES string of the molecule is C[C@@H]1Cc2cc(S(N)(=O)=O)ccc2N1Cc1cccc(C#N)c1. The highest BCUT2D eigenvalue weighted by molar-refractivity contribution is 7.89. The van der Waals surface area contributed by atoms with Gasteiger partial charge in [-0.15, -0.1) is 0 Å². The van der Waals surface area contributed by atoms with E-state index in [2.05, 4.69) is 17.9 Å². The van der Waals surface area contributed by atoms with Crippen LogP contribution in [0, 0.1) is 11.3 Å². The van der Waals surface area contributed by atoms with Crippen molar-refractivity contribution in [3.63, 3.8) is 0 Å². The van der Waals surface area contributed by atoms with Crippen molar-refractivity contribution in [3.05, 3.63) is 59.2 Å². The standard InChI is InChI=1S/C17H17N3O2S/c1-12-7-15-9-16(23(19,21)22)5-6-17(15)20(12)11-14-4-2-3-13(8-14)10-18/h2-6,8-9,12H,7,11H2,1H3,(H2,19,21,22)/t12-/m1/s1. The van der Waals surface area contributed by atoms with E-state index in [0.29, 0.717) is 12.1 Å². The molecule has 3 rings (SSSR count). The van der Waals surface area contributed by atoms with Crippen molar-refractivity contribution in [2.75, 3.05) is 4.90 Å². The van der Waals surface area contributed by atoms with Crippen LogP contribution in [-0.4, -0.2) is 14.5 Å². The number of primary sulfonamides is 1. The van der Waals surface area contributed by atoms with Crippen molar-refractivity contribution < 1.29 is 8.42 Å². The maximum Gasteiger partial charge on any atom is 0.238 e. The van der Waals surface area contributed by atoms with Crippen LogP contribution in [0.5, 0.6) is 0 Å². The lowest BCUT2D eigenvalue weighted by Gasteiger charge is -2.25. The molecule has 0 amide bonds. The Balaban J connectivity index is 1.93. The molecule has 118 valence electrons. The lowest BCUT2D eigenvalue weighted by atomic mass is 10.1. The number of fused-ring (bicyclic) bond motifs is 1. The van der Waals surface area contributed by atoms with E-state index in [1.807, 2.05) is 24.3 Å². The van der Waals surface area contributed by atoms with Gasteiger partial charge in [0.15, 0.2) is 0 Å². The molecule has 1 atom stereocenters. The normalized spacial score (nSPS) is 16.9. The number of hydrogen-bond acceptors (Lipinski definition) is 4. The van der Waals surface area contributed by atoms with Crippen LogP contribution in [0.3, 0.4) is 0 Å². The molecule has 2 N–H and O–H groups in total. The Morgan fingerprint density at radius 1 is 1.30 bits per heavy atom. The molecule has 1 aliphatic rings. The summed E-state index contributed by atoms with van der Waals surface area (Å²) in [5.74, 6) is 0. The van der Waals surface area contributed by atoms with Crippen LogP contribution in [-0.2, 0) is 23.0 Å². The van der Waals surface area contributed by atoms with Gasteiger partial charge in [-0.1, -0.05) is 12.1 Å². The number of anilines is 1. The summed E-state index contributed by atoms with van der Waals surface area (Å²) in [5.41, 5.74) is 3.70. The minimum absolute atomic E-state index is 0.150. The molecule has 1 heterocycles. The molecule has 0 aromatic heterocycles. The molecule has 23 heavy (non-hydrogen) atoms. The zero-order chi connectivity index (χ0) is 16.6. The maximum atomic E-state index is 11.5. The molecule has 0 saturated heterocycles. The summed E-state index contributed by atoms with van der Waals surface area (Å²) in [7, 11) is -3.68. The fourth-order valence-corrected chi connectivity index (χ4v) is 3.59. The Morgan fingerprint density at radius 2 is 2.09 bits per heavy atom. The third kappa shape index (κ3) is 3.07. The van der Waals surface area contributed by atoms with Gasteiger partial charge in [0.05, 0.1) is 16.5 Å². The van der Waals surface area contributed by atoms with Crippen molar-refractivity contribution in [3.8, 4) is 6.07 Å². The number of benzene rings is 2. The summed E-state index contributed by atoms with van der Waals surface area (Å²) in [6.45, 7) is 2.78. The van der Waals surface area contributed by atoms with E-state index < -0.39 is 10.0 Å². The van der Waals surface area contributed by atoms with Crippen LogP contribution in [0.2, 0.25) is 0 Å². The first kappa shape index (κ1) is 15.5. The highest BCUT2D eigenvalue weighted by Gasteiger charge is 2.27. The van der Waals surface area contributed by atoms with E-state index in [1.165, 1.54) is 0 Å². The molecular formula is C17H17N3O2S. The maximum absolute atomic E-state index is 11.5. The average molecular weight is 327 g/mol. The monoisotopic (exact) mass is 327 g/mol. The van der Waals surface area contributed by atoms with E-state index in [0.717, 1.165) is 23.2 Å². The number of nitrogens with zero attached hydrogens (tertiary/aromatic N) is 2. The van der Waals surface area contributed by atoms with E-state index in [4.69, 9.17) is 10.4 Å². The van der Waals surface area contributed by atoms with Gasteiger partial charge < -0.3 is 4.90 Å². The Hall–Kier alpha value is -2.36. The van der Waals surface area contributed by atoms with Crippen LogP contribution < -0.4 is 10.0 Å². The first-order valence-electron chi connectivity index (χ1n) is 7.30. The molecule has 5 nitrogen and oxygen atoms in total. The average Bonchev–Trinajstić information content (AvgIpc) is 2.82. The smallest absolute Gasteiger partial charge is 0.238 e. The van der Waals surface area contributed by atoms with Crippen molar-refractivity contribution in [1.82, 2.24) is 0 Å². The van der Waals surface area contributed by atoms with Crippen molar-refractivity contribution >= 4 is 15.7 Å². The van der Waals surface area contributed by atoms with Gasteiger partial charge in [-0.25, -0.2) is 13.6 Å². The fraction of sp³-hybridized carbons (Fsp3) is 0.235. The van der Waals surface area contributed by atoms with Gasteiger partial charge in [0.2, 0.25) is 10.0 Å². The molecular weight excluding hydrogens is 310 g/mol. The minimum Gasteiger partial charge on any atom is -0.364 e. The number of nitrogens with two attached hydrogens (primary N) is 1. The summed E-state index contributed by atoms with van der Waals surface area (Å²) in [4.78, 5) is 2.37. The highest BCUT2D eigenvalue weighted by atomic mass is 32.2. The molecule has 6 heteroatoms. The molecule has 0 spiro atoms. The van der Waals surface area contributed by atoms with Crippen LogP contribution in [0.25, 0.3) is 0 Å². The highest BCUT2D eigenvalue weighted by Crippen LogP contribution is 2.34. The van der Waals surface area contributed by atoms with Crippen LogP contribution in [0.4, 0.5) is 5.69 Å². The second-order valence-corrected chi connectivity index (χ2v) is 7.39. The summed E-state index contributed by atoms with van der Waals surface area (Å²) >= 11 is 0. The lowest BCUT2D eigenvalue weighted by molar-refractivity contribution is 0.597. The van der Waals surface area contributed by atoms with Crippen LogP contribution >= 0.6 is 0 Å². The zero-order valence-electron chi connectivity index (χ0n) is 12.7. The van der Waals surface area contributed by atoms with Crippen LogP contribution in [0.15, 0.2) is 47.4 Å². The van der Waals surface area contributed by atoms with Gasteiger partial charge in [-0.2, -0.15) is 5.26 Å². The second kappa shape index (κ2) is 5.69. The second-order valence-electron chi connectivity index (χ2n) is 5.83. The van der Waals surface area contributed by atoms with Gasteiger partial charge in [0, 0.05) is 18.3 Å². The van der Waals surface area contributed by atoms with Gasteiger partial charge in [0.25, 0.3) is 0 Å². The van der Waals surface area contributed by atoms with Gasteiger partial charge >= 0.3 is 0 Å². The Morgan fingerprint density at radius 3 is 2.78 bits per heavy atom. The van der Waals surface area contributed by atoms with E-state index in [1.54, 1.807) is 18.2 Å². The molecule has 0 radical (unpaired) electrons. The third-order valence-electron chi connectivity index (χ3n) is 4.15. The Labute approximate surface area is 136 Å². The first-order chi connectivity index (χ1) is 10.9. The summed E-state index contributed by atoms with van der Waals surface area (Å²) in [6, 6.07) is 14.9. The number of hydrogen-bond donors (Lipinski definition) is 1. The van der Waals surface area contributed by atoms with Gasteiger partial charge in [-0.3, -0.25) is 0 Å². The van der Waals surface area contributed by atoms with Crippen molar-refractivity contribution in [1.29, 1.82) is 5.26 Å². The lowest BCUT2D eigenvalue weighted by Crippen LogP contribution is -2.28. The largest absolute Gasteiger partial charge is 0.364 e. The predicted octanol–water partition coefficient (Wildman–Crippen LogP) is 2.16. The fourth-order valence-electron chi connectivity index (χ4n) is 3.03. The summed E-state index contributed by atoms with van der Waals surface area (Å²) in [5, 5.41) is 14.2. The molecule has 0 unspecified atom stereocenters. The molecule has 2 aromatic carbocycles. The topological polar surface area (TPSA) is 87.2 Å². The summed E-state index contributed by atoms with van der Waals surface area (Å²) in [6.07, 6.45) is 0.774. The number of rotatable bonds is 3. The quantitative estimate of drug-likeness (QED) is 0.936. The van der Waals surface area contributed by atoms with Gasteiger partial charge in [-0.05, 0) is 54.8 Å². The first-order valence-corrected chi connectivity index (χ1v) is 8.84. The molecule has 0 aliphatic carbocycles. The van der Waals surface area contributed by atoms with E-state index in [9.17, 15) is 8.42 Å². The van der Waals surface area contributed by atoms with Crippen molar-refractivity contribution in [2.24, 2.45) is 5.14 Å². The predicted molar refractivity (Wildman–Crippen MR) is 88.3 cm³/mol. The van der Waals surface area contributed by atoms with E-state index >= 15 is 0 Å². The van der Waals surface area contributed by atoms with Crippen LogP contribution in [0.1, 0.15) is 23.6 Å². The molecule has 0 fully saturated rings. The number of nitriles is 1. The Kier molecular flexibility index (Phi) is 3.84. The summed E-state index contributed by atoms with van der Waals surface area (Å²) < 4.78 is 23.0. The van der Waals surface area contributed by atoms with Crippen molar-refractivity contribution in [2.45, 2.75) is 30.8 Å².